The molecule has 0 aliphatic carbocycles. The molecular formula is C26H34FN3O4. The van der Waals surface area contributed by atoms with E-state index in [1.54, 1.807) is 30.3 Å². The van der Waals surface area contributed by atoms with Crippen LogP contribution in [0, 0.1) is 11.7 Å². The van der Waals surface area contributed by atoms with Crippen LogP contribution in [0.25, 0.3) is 0 Å². The van der Waals surface area contributed by atoms with Crippen LogP contribution in [-0.2, 0) is 11.3 Å². The average molecular weight is 472 g/mol. The second kappa shape index (κ2) is 11.8. The first-order valence-corrected chi connectivity index (χ1v) is 11.6. The highest BCUT2D eigenvalue weighted by Gasteiger charge is 2.28. The zero-order valence-electron chi connectivity index (χ0n) is 20.3. The molecule has 0 spiro atoms. The van der Waals surface area contributed by atoms with Crippen LogP contribution in [0.15, 0.2) is 42.5 Å². The summed E-state index contributed by atoms with van der Waals surface area (Å²) in [5, 5.41) is 5.98. The quantitative estimate of drug-likeness (QED) is 0.586. The maximum atomic E-state index is 13.1. The number of nitrogens with one attached hydrogen (secondary N) is 2. The Morgan fingerprint density at radius 2 is 1.62 bits per heavy atom. The van der Waals surface area contributed by atoms with Gasteiger partial charge in [-0.05, 0) is 48.6 Å². The van der Waals surface area contributed by atoms with E-state index < -0.39 is 6.04 Å². The molecule has 2 aromatic carbocycles. The van der Waals surface area contributed by atoms with E-state index in [9.17, 15) is 14.0 Å². The summed E-state index contributed by atoms with van der Waals surface area (Å²) in [6.07, 6.45) is 1.64. The summed E-state index contributed by atoms with van der Waals surface area (Å²) in [4.78, 5) is 28.2. The summed E-state index contributed by atoms with van der Waals surface area (Å²) in [6.45, 7) is 6.24. The Morgan fingerprint density at radius 3 is 2.15 bits per heavy atom. The summed E-state index contributed by atoms with van der Waals surface area (Å²) in [5.74, 6) is 0.137. The zero-order valence-corrected chi connectivity index (χ0v) is 20.3. The molecule has 1 atom stereocenters. The molecule has 2 aromatic rings. The van der Waals surface area contributed by atoms with Gasteiger partial charge in [0, 0.05) is 37.3 Å². The highest BCUT2D eigenvalue weighted by molar-refractivity contribution is 5.98. The molecule has 2 amide bonds. The monoisotopic (exact) mass is 471 g/mol. The number of likely N-dealkylation sites (tertiary alicyclic amines) is 1. The highest BCUT2D eigenvalue weighted by atomic mass is 19.1. The minimum absolute atomic E-state index is 0.0482. The van der Waals surface area contributed by atoms with E-state index in [0.717, 1.165) is 38.0 Å². The topological polar surface area (TPSA) is 79.9 Å². The molecule has 1 heterocycles. The summed E-state index contributed by atoms with van der Waals surface area (Å²) < 4.78 is 23.6. The number of halogens is 1. The van der Waals surface area contributed by atoms with E-state index >= 15 is 0 Å². The minimum atomic E-state index is -0.665. The van der Waals surface area contributed by atoms with Gasteiger partial charge in [0.05, 0.1) is 14.2 Å². The van der Waals surface area contributed by atoms with E-state index in [0.29, 0.717) is 17.1 Å². The molecule has 8 heteroatoms. The van der Waals surface area contributed by atoms with Gasteiger partial charge in [-0.15, -0.1) is 0 Å². The molecule has 0 aromatic heterocycles. The van der Waals surface area contributed by atoms with Crippen molar-refractivity contribution in [2.24, 2.45) is 5.92 Å². The zero-order chi connectivity index (χ0) is 24.7. The number of hydrogen-bond acceptors (Lipinski definition) is 5. The number of methoxy groups -OCH3 is 2. The van der Waals surface area contributed by atoms with E-state index in [-0.39, 0.29) is 29.6 Å². The van der Waals surface area contributed by atoms with Gasteiger partial charge in [-0.3, -0.25) is 14.5 Å². The molecule has 7 nitrogen and oxygen atoms in total. The van der Waals surface area contributed by atoms with Gasteiger partial charge in [0.1, 0.15) is 23.4 Å². The molecular weight excluding hydrogens is 437 g/mol. The fourth-order valence-corrected chi connectivity index (χ4v) is 4.07. The SMILES string of the molecule is COc1cc(OC)cc(C(=O)NC(C(=O)NC2CCN(Cc3ccc(F)cc3)CC2)C(C)C)c1. The molecule has 2 N–H and O–H groups in total. The van der Waals surface area contributed by atoms with Crippen molar-refractivity contribution < 1.29 is 23.5 Å². The van der Waals surface area contributed by atoms with Gasteiger partial charge in [-0.1, -0.05) is 26.0 Å². The second-order valence-electron chi connectivity index (χ2n) is 8.98. The van der Waals surface area contributed by atoms with Crippen LogP contribution < -0.4 is 20.1 Å². The van der Waals surface area contributed by atoms with Crippen molar-refractivity contribution in [2.75, 3.05) is 27.3 Å². The van der Waals surface area contributed by atoms with Gasteiger partial charge in [-0.2, -0.15) is 0 Å². The number of amides is 2. The van der Waals surface area contributed by atoms with Gasteiger partial charge in [0.15, 0.2) is 0 Å². The summed E-state index contributed by atoms with van der Waals surface area (Å²) in [6, 6.07) is 10.9. The smallest absolute Gasteiger partial charge is 0.252 e. The number of benzene rings is 2. The van der Waals surface area contributed by atoms with Crippen molar-refractivity contribution in [3.05, 3.63) is 59.4 Å². The van der Waals surface area contributed by atoms with Crippen LogP contribution in [0.5, 0.6) is 11.5 Å². The van der Waals surface area contributed by atoms with Crippen molar-refractivity contribution >= 4 is 11.8 Å². The predicted octanol–water partition coefficient (Wildman–Crippen LogP) is 3.38. The van der Waals surface area contributed by atoms with Crippen LogP contribution in [0.3, 0.4) is 0 Å². The van der Waals surface area contributed by atoms with Crippen LogP contribution in [0.1, 0.15) is 42.6 Å². The van der Waals surface area contributed by atoms with Crippen molar-refractivity contribution in [1.82, 2.24) is 15.5 Å². The lowest BCUT2D eigenvalue weighted by molar-refractivity contribution is -0.125. The molecule has 3 rings (SSSR count). The van der Waals surface area contributed by atoms with Gasteiger partial charge < -0.3 is 20.1 Å². The van der Waals surface area contributed by atoms with E-state index in [2.05, 4.69) is 15.5 Å². The summed E-state index contributed by atoms with van der Waals surface area (Å²) in [5.41, 5.74) is 1.43. The number of nitrogens with zero attached hydrogens (tertiary/aromatic N) is 1. The van der Waals surface area contributed by atoms with Crippen LogP contribution >= 0.6 is 0 Å². The van der Waals surface area contributed by atoms with Gasteiger partial charge >= 0.3 is 0 Å². The number of carbonyl (C=O) groups is 2. The maximum absolute atomic E-state index is 13.1. The van der Waals surface area contributed by atoms with Gasteiger partial charge in [0.2, 0.25) is 5.91 Å². The molecule has 0 radical (unpaired) electrons. The molecule has 184 valence electrons. The normalized spacial score (nSPS) is 15.6. The molecule has 34 heavy (non-hydrogen) atoms. The molecule has 0 saturated carbocycles. The Hall–Kier alpha value is -3.13. The largest absolute Gasteiger partial charge is 0.497 e. The molecule has 1 unspecified atom stereocenters. The molecule has 1 fully saturated rings. The third-order valence-corrected chi connectivity index (χ3v) is 6.10. The Balaban J connectivity index is 1.55. The van der Waals surface area contributed by atoms with Crippen LogP contribution in [-0.4, -0.2) is 56.1 Å². The lowest BCUT2D eigenvalue weighted by atomic mass is 9.99. The third kappa shape index (κ3) is 6.93. The average Bonchev–Trinajstić information content (AvgIpc) is 2.84. The lowest BCUT2D eigenvalue weighted by Crippen LogP contribution is -2.53. The Bertz CT molecular complexity index is 950. The van der Waals surface area contributed by atoms with E-state index in [1.165, 1.54) is 26.4 Å². The van der Waals surface area contributed by atoms with Crippen molar-refractivity contribution in [3.8, 4) is 11.5 Å². The molecule has 1 aliphatic rings. The predicted molar refractivity (Wildman–Crippen MR) is 128 cm³/mol. The van der Waals surface area contributed by atoms with E-state index in [4.69, 9.17) is 9.47 Å². The van der Waals surface area contributed by atoms with Gasteiger partial charge in [0.25, 0.3) is 5.91 Å². The van der Waals surface area contributed by atoms with Crippen molar-refractivity contribution in [2.45, 2.75) is 45.3 Å². The number of hydrogen-bond donors (Lipinski definition) is 2. The maximum Gasteiger partial charge on any atom is 0.252 e. The Morgan fingerprint density at radius 1 is 1.03 bits per heavy atom. The van der Waals surface area contributed by atoms with Crippen LogP contribution in [0.4, 0.5) is 4.39 Å². The Kier molecular flexibility index (Phi) is 8.87. The van der Waals surface area contributed by atoms with Gasteiger partial charge in [-0.25, -0.2) is 4.39 Å². The number of carbonyl (C=O) groups excluding carboxylic acids is 2. The number of piperidine rings is 1. The summed E-state index contributed by atoms with van der Waals surface area (Å²) in [7, 11) is 3.04. The number of rotatable bonds is 9. The second-order valence-corrected chi connectivity index (χ2v) is 8.98. The van der Waals surface area contributed by atoms with Crippen molar-refractivity contribution in [3.63, 3.8) is 0 Å². The van der Waals surface area contributed by atoms with E-state index in [1.807, 2.05) is 13.8 Å². The third-order valence-electron chi connectivity index (χ3n) is 6.10. The first kappa shape index (κ1) is 25.5. The Labute approximate surface area is 200 Å². The van der Waals surface area contributed by atoms with Crippen molar-refractivity contribution in [1.29, 1.82) is 0 Å². The molecule has 0 bridgehead atoms. The first-order chi connectivity index (χ1) is 16.3. The fraction of sp³-hybridized carbons (Fsp3) is 0.462. The lowest BCUT2D eigenvalue weighted by Gasteiger charge is -2.33. The first-order valence-electron chi connectivity index (χ1n) is 11.6. The minimum Gasteiger partial charge on any atom is -0.497 e. The molecule has 1 aliphatic heterocycles. The highest BCUT2D eigenvalue weighted by Crippen LogP contribution is 2.23. The fourth-order valence-electron chi connectivity index (χ4n) is 4.07. The molecule has 1 saturated heterocycles. The summed E-state index contributed by atoms with van der Waals surface area (Å²) >= 11 is 0. The van der Waals surface area contributed by atoms with Crippen LogP contribution in [0.2, 0.25) is 0 Å². The standard InChI is InChI=1S/C26H34FN3O4/c1-17(2)24(29-25(31)19-13-22(33-3)15-23(14-19)34-4)26(32)28-21-9-11-30(12-10-21)16-18-5-7-20(27)8-6-18/h5-8,13-15,17,21,24H,9-12,16H2,1-4H3,(H,28,32)(H,29,31). The number of ether oxygens (including phenoxy) is 2.